The number of aryl methyl sites for hydroxylation is 1. The summed E-state index contributed by atoms with van der Waals surface area (Å²) in [5.41, 5.74) is 0.854. The standard InChI is InChI=1S/C17H17NO2S/c1-11-8-9-16(21-11)17(19)18(3)12(2)15-10-13-6-4-5-7-14(13)20-15/h4-10,12H,1-3H3. The van der Waals surface area contributed by atoms with Crippen LogP contribution in [0.4, 0.5) is 0 Å². The lowest BCUT2D eigenvalue weighted by Crippen LogP contribution is -2.28. The number of carbonyl (C=O) groups is 1. The fraction of sp³-hybridized carbons (Fsp3) is 0.235. The zero-order chi connectivity index (χ0) is 15.0. The second-order valence-electron chi connectivity index (χ2n) is 5.19. The topological polar surface area (TPSA) is 33.5 Å². The molecule has 0 aliphatic heterocycles. The zero-order valence-corrected chi connectivity index (χ0v) is 13.1. The summed E-state index contributed by atoms with van der Waals surface area (Å²) in [6.45, 7) is 3.99. The Balaban J connectivity index is 1.86. The van der Waals surface area contributed by atoms with Crippen LogP contribution in [0.1, 0.15) is 33.3 Å². The van der Waals surface area contributed by atoms with Gasteiger partial charge in [-0.1, -0.05) is 18.2 Å². The number of furan rings is 1. The molecule has 3 rings (SSSR count). The van der Waals surface area contributed by atoms with Crippen LogP contribution >= 0.6 is 11.3 Å². The molecule has 0 N–H and O–H groups in total. The number of rotatable bonds is 3. The number of fused-ring (bicyclic) bond motifs is 1. The summed E-state index contributed by atoms with van der Waals surface area (Å²) < 4.78 is 5.85. The quantitative estimate of drug-likeness (QED) is 0.706. The van der Waals surface area contributed by atoms with Crippen molar-refractivity contribution >= 4 is 28.2 Å². The average Bonchev–Trinajstić information content (AvgIpc) is 3.10. The van der Waals surface area contributed by atoms with E-state index in [2.05, 4.69) is 0 Å². The lowest BCUT2D eigenvalue weighted by Gasteiger charge is -2.22. The fourth-order valence-electron chi connectivity index (χ4n) is 2.30. The predicted molar refractivity (Wildman–Crippen MR) is 85.8 cm³/mol. The number of hydrogen-bond donors (Lipinski definition) is 0. The molecule has 0 bridgehead atoms. The molecule has 108 valence electrons. The minimum atomic E-state index is -0.104. The first kappa shape index (κ1) is 13.9. The van der Waals surface area contributed by atoms with Crippen LogP contribution < -0.4 is 0 Å². The molecule has 1 aromatic carbocycles. The van der Waals surface area contributed by atoms with E-state index >= 15 is 0 Å². The first-order chi connectivity index (χ1) is 10.1. The lowest BCUT2D eigenvalue weighted by atomic mass is 10.2. The normalized spacial score (nSPS) is 12.5. The second-order valence-corrected chi connectivity index (χ2v) is 6.48. The molecule has 1 unspecified atom stereocenters. The molecule has 0 fully saturated rings. The smallest absolute Gasteiger partial charge is 0.264 e. The van der Waals surface area contributed by atoms with Crippen molar-refractivity contribution in [3.8, 4) is 0 Å². The van der Waals surface area contributed by atoms with E-state index in [-0.39, 0.29) is 11.9 Å². The molecule has 0 radical (unpaired) electrons. The number of nitrogens with zero attached hydrogens (tertiary/aromatic N) is 1. The van der Waals surface area contributed by atoms with Crippen molar-refractivity contribution in [1.82, 2.24) is 4.90 Å². The third-order valence-electron chi connectivity index (χ3n) is 3.71. The van der Waals surface area contributed by atoms with Crippen LogP contribution in [-0.4, -0.2) is 17.9 Å². The van der Waals surface area contributed by atoms with Crippen molar-refractivity contribution < 1.29 is 9.21 Å². The van der Waals surface area contributed by atoms with Crippen molar-refractivity contribution in [2.75, 3.05) is 7.05 Å². The van der Waals surface area contributed by atoms with Crippen molar-refractivity contribution in [1.29, 1.82) is 0 Å². The summed E-state index contributed by atoms with van der Waals surface area (Å²) in [4.78, 5) is 16.1. The molecule has 0 saturated heterocycles. The maximum absolute atomic E-state index is 12.5. The number of carbonyl (C=O) groups excluding carboxylic acids is 1. The minimum absolute atomic E-state index is 0.0288. The molecule has 1 atom stereocenters. The van der Waals surface area contributed by atoms with Gasteiger partial charge in [-0.2, -0.15) is 0 Å². The second kappa shape index (κ2) is 5.37. The van der Waals surface area contributed by atoms with Gasteiger partial charge in [0.2, 0.25) is 0 Å². The molecule has 2 heterocycles. The van der Waals surface area contributed by atoms with Gasteiger partial charge in [-0.05, 0) is 38.1 Å². The van der Waals surface area contributed by atoms with Crippen molar-refractivity contribution in [3.63, 3.8) is 0 Å². The highest BCUT2D eigenvalue weighted by Gasteiger charge is 2.22. The molecule has 3 aromatic rings. The van der Waals surface area contributed by atoms with Gasteiger partial charge in [0.1, 0.15) is 11.3 Å². The van der Waals surface area contributed by atoms with Gasteiger partial charge in [-0.25, -0.2) is 0 Å². The van der Waals surface area contributed by atoms with Gasteiger partial charge in [0, 0.05) is 17.3 Å². The molecular weight excluding hydrogens is 282 g/mol. The lowest BCUT2D eigenvalue weighted by molar-refractivity contribution is 0.0732. The summed E-state index contributed by atoms with van der Waals surface area (Å²) in [6, 6.07) is 13.6. The van der Waals surface area contributed by atoms with Crippen LogP contribution in [-0.2, 0) is 0 Å². The van der Waals surface area contributed by atoms with Crippen LogP contribution in [0.25, 0.3) is 11.0 Å². The zero-order valence-electron chi connectivity index (χ0n) is 12.3. The number of benzene rings is 1. The highest BCUT2D eigenvalue weighted by atomic mass is 32.1. The largest absolute Gasteiger partial charge is 0.459 e. The average molecular weight is 299 g/mol. The highest BCUT2D eigenvalue weighted by molar-refractivity contribution is 7.13. The molecule has 1 amide bonds. The van der Waals surface area contributed by atoms with Gasteiger partial charge in [0.25, 0.3) is 5.91 Å². The Morgan fingerprint density at radius 3 is 2.67 bits per heavy atom. The van der Waals surface area contributed by atoms with Crippen LogP contribution in [0, 0.1) is 6.92 Å². The van der Waals surface area contributed by atoms with Crippen LogP contribution in [0.2, 0.25) is 0 Å². The number of hydrogen-bond acceptors (Lipinski definition) is 3. The van der Waals surface area contributed by atoms with E-state index in [1.165, 1.54) is 11.3 Å². The van der Waals surface area contributed by atoms with Gasteiger partial charge in [0.15, 0.2) is 0 Å². The molecule has 0 aliphatic rings. The Hall–Kier alpha value is -2.07. The summed E-state index contributed by atoms with van der Waals surface area (Å²) in [5, 5.41) is 1.06. The number of para-hydroxylation sites is 1. The number of amides is 1. The van der Waals surface area contributed by atoms with Gasteiger partial charge < -0.3 is 9.32 Å². The van der Waals surface area contributed by atoms with Crippen molar-refractivity contribution in [3.05, 3.63) is 58.0 Å². The van der Waals surface area contributed by atoms with E-state index in [1.54, 1.807) is 4.90 Å². The van der Waals surface area contributed by atoms with E-state index in [4.69, 9.17) is 4.42 Å². The summed E-state index contributed by atoms with van der Waals surface area (Å²) >= 11 is 1.52. The molecule has 4 heteroatoms. The molecule has 3 nitrogen and oxygen atoms in total. The summed E-state index contributed by atoms with van der Waals surface area (Å²) in [6.07, 6.45) is 0. The SMILES string of the molecule is Cc1ccc(C(=O)N(C)C(C)c2cc3ccccc3o2)s1. The monoisotopic (exact) mass is 299 g/mol. The molecule has 0 saturated carbocycles. The third-order valence-corrected chi connectivity index (χ3v) is 4.70. The van der Waals surface area contributed by atoms with Gasteiger partial charge in [0.05, 0.1) is 10.9 Å². The summed E-state index contributed by atoms with van der Waals surface area (Å²) in [7, 11) is 1.81. The number of thiophene rings is 1. The maximum Gasteiger partial charge on any atom is 0.264 e. The van der Waals surface area contributed by atoms with Gasteiger partial charge in [-0.3, -0.25) is 4.79 Å². The fourth-order valence-corrected chi connectivity index (χ4v) is 3.15. The minimum Gasteiger partial charge on any atom is -0.459 e. The summed E-state index contributed by atoms with van der Waals surface area (Å²) in [5.74, 6) is 0.835. The van der Waals surface area contributed by atoms with Gasteiger partial charge >= 0.3 is 0 Å². The Morgan fingerprint density at radius 2 is 2.00 bits per heavy atom. The van der Waals surface area contributed by atoms with E-state index in [9.17, 15) is 4.79 Å². The first-order valence-electron chi connectivity index (χ1n) is 6.88. The van der Waals surface area contributed by atoms with Crippen molar-refractivity contribution in [2.45, 2.75) is 19.9 Å². The maximum atomic E-state index is 12.5. The molecule has 2 aromatic heterocycles. The molecule has 21 heavy (non-hydrogen) atoms. The third kappa shape index (κ3) is 2.59. The van der Waals surface area contributed by atoms with Crippen LogP contribution in [0.5, 0.6) is 0 Å². The molecule has 0 aliphatic carbocycles. The van der Waals surface area contributed by atoms with E-state index in [1.807, 2.05) is 63.4 Å². The van der Waals surface area contributed by atoms with Gasteiger partial charge in [-0.15, -0.1) is 11.3 Å². The first-order valence-corrected chi connectivity index (χ1v) is 7.70. The molecular formula is C17H17NO2S. The highest BCUT2D eigenvalue weighted by Crippen LogP contribution is 2.28. The van der Waals surface area contributed by atoms with Crippen molar-refractivity contribution in [2.24, 2.45) is 0 Å². The Morgan fingerprint density at radius 1 is 1.24 bits per heavy atom. The Bertz CT molecular complexity index is 754. The molecule has 0 spiro atoms. The van der Waals surface area contributed by atoms with Crippen LogP contribution in [0.3, 0.4) is 0 Å². The Labute approximate surface area is 127 Å². The van der Waals surface area contributed by atoms with E-state index < -0.39 is 0 Å². The predicted octanol–water partition coefficient (Wildman–Crippen LogP) is 4.64. The van der Waals surface area contributed by atoms with E-state index in [0.29, 0.717) is 0 Å². The Kier molecular flexibility index (Phi) is 3.55. The van der Waals surface area contributed by atoms with Crippen LogP contribution in [0.15, 0.2) is 46.9 Å². The van der Waals surface area contributed by atoms with E-state index in [0.717, 1.165) is 26.5 Å².